The number of hydrogen-bond acceptors (Lipinski definition) is 1. The van der Waals surface area contributed by atoms with Gasteiger partial charge in [-0.2, -0.15) is 0 Å². The van der Waals surface area contributed by atoms with Crippen molar-refractivity contribution in [1.29, 1.82) is 0 Å². The maximum Gasteiger partial charge on any atom is 0.0899 e. The predicted octanol–water partition coefficient (Wildman–Crippen LogP) is 2.55. The molecule has 1 fully saturated rings. The van der Waals surface area contributed by atoms with E-state index in [1.54, 1.807) is 0 Å². The van der Waals surface area contributed by atoms with Gasteiger partial charge in [0.25, 0.3) is 0 Å². The third kappa shape index (κ3) is 1.49. The second-order valence-corrected chi connectivity index (χ2v) is 4.33. The molecule has 3 atom stereocenters. The molecule has 0 radical (unpaired) electrons. The van der Waals surface area contributed by atoms with Gasteiger partial charge in [0.15, 0.2) is 0 Å². The third-order valence-electron chi connectivity index (χ3n) is 3.19. The lowest BCUT2D eigenvalue weighted by Crippen LogP contribution is -2.24. The molecule has 1 nitrogen and oxygen atoms in total. The fraction of sp³-hybridized carbons (Fsp3) is 0.500. The third-order valence-corrected chi connectivity index (χ3v) is 3.19. The largest absolute Gasteiger partial charge is 0.385 e. The van der Waals surface area contributed by atoms with E-state index in [9.17, 15) is 5.11 Å². The van der Waals surface area contributed by atoms with Crippen LogP contribution in [0.1, 0.15) is 25.8 Å². The summed E-state index contributed by atoms with van der Waals surface area (Å²) >= 11 is 0. The van der Waals surface area contributed by atoms with Crippen LogP contribution in [-0.4, -0.2) is 5.11 Å². The monoisotopic (exact) mass is 176 g/mol. The molecule has 0 bridgehead atoms. The summed E-state index contributed by atoms with van der Waals surface area (Å²) in [5.74, 6) is 1.13. The average molecular weight is 176 g/mol. The summed E-state index contributed by atoms with van der Waals surface area (Å²) < 4.78 is 0. The van der Waals surface area contributed by atoms with E-state index in [1.165, 1.54) is 0 Å². The molecular weight excluding hydrogens is 160 g/mol. The fourth-order valence-electron chi connectivity index (χ4n) is 2.10. The Labute approximate surface area is 79.4 Å². The zero-order valence-corrected chi connectivity index (χ0v) is 8.20. The van der Waals surface area contributed by atoms with Gasteiger partial charge < -0.3 is 5.11 Å². The SMILES string of the molecule is CC1CC1C(C)(O)c1ccccc1. The lowest BCUT2D eigenvalue weighted by molar-refractivity contribution is 0.0283. The van der Waals surface area contributed by atoms with Gasteiger partial charge >= 0.3 is 0 Å². The summed E-state index contributed by atoms with van der Waals surface area (Å²) in [5.41, 5.74) is 0.421. The molecule has 13 heavy (non-hydrogen) atoms. The number of rotatable bonds is 2. The van der Waals surface area contributed by atoms with Crippen molar-refractivity contribution in [2.75, 3.05) is 0 Å². The van der Waals surface area contributed by atoms with Crippen LogP contribution in [0.5, 0.6) is 0 Å². The Kier molecular flexibility index (Phi) is 1.92. The van der Waals surface area contributed by atoms with E-state index >= 15 is 0 Å². The van der Waals surface area contributed by atoms with E-state index < -0.39 is 5.60 Å². The smallest absolute Gasteiger partial charge is 0.0899 e. The van der Waals surface area contributed by atoms with Gasteiger partial charge in [-0.05, 0) is 30.7 Å². The van der Waals surface area contributed by atoms with Crippen LogP contribution in [0, 0.1) is 11.8 Å². The van der Waals surface area contributed by atoms with Gasteiger partial charge in [-0.15, -0.1) is 0 Å². The summed E-state index contributed by atoms with van der Waals surface area (Å²) in [6, 6.07) is 9.96. The highest BCUT2D eigenvalue weighted by molar-refractivity contribution is 5.24. The van der Waals surface area contributed by atoms with Crippen LogP contribution in [0.4, 0.5) is 0 Å². The molecule has 1 aliphatic carbocycles. The number of hydrogen-bond donors (Lipinski definition) is 1. The minimum Gasteiger partial charge on any atom is -0.385 e. The Morgan fingerprint density at radius 3 is 2.31 bits per heavy atom. The maximum atomic E-state index is 10.3. The Hall–Kier alpha value is -0.820. The molecule has 2 rings (SSSR count). The van der Waals surface area contributed by atoms with E-state index in [1.807, 2.05) is 37.3 Å². The van der Waals surface area contributed by atoms with Crippen LogP contribution in [0.3, 0.4) is 0 Å². The Morgan fingerprint density at radius 1 is 1.31 bits per heavy atom. The molecule has 1 N–H and O–H groups in total. The average Bonchev–Trinajstić information content (AvgIpc) is 2.85. The molecule has 3 unspecified atom stereocenters. The van der Waals surface area contributed by atoms with E-state index in [-0.39, 0.29) is 0 Å². The molecular formula is C12H16O. The molecule has 1 aliphatic rings. The van der Waals surface area contributed by atoms with E-state index in [0.717, 1.165) is 12.0 Å². The second kappa shape index (κ2) is 2.85. The normalized spacial score (nSPS) is 31.0. The summed E-state index contributed by atoms with van der Waals surface area (Å²) in [6.45, 7) is 4.12. The van der Waals surface area contributed by atoms with Crippen LogP contribution in [0.25, 0.3) is 0 Å². The van der Waals surface area contributed by atoms with Gasteiger partial charge in [-0.25, -0.2) is 0 Å². The second-order valence-electron chi connectivity index (χ2n) is 4.33. The fourth-order valence-corrected chi connectivity index (χ4v) is 2.10. The topological polar surface area (TPSA) is 20.2 Å². The molecule has 1 saturated carbocycles. The first-order chi connectivity index (χ1) is 6.12. The summed E-state index contributed by atoms with van der Waals surface area (Å²) in [6.07, 6.45) is 1.15. The van der Waals surface area contributed by atoms with E-state index in [2.05, 4.69) is 6.92 Å². The molecule has 1 aromatic carbocycles. The van der Waals surface area contributed by atoms with Crippen molar-refractivity contribution < 1.29 is 5.11 Å². The molecule has 1 aromatic rings. The summed E-state index contributed by atoms with van der Waals surface area (Å²) in [4.78, 5) is 0. The molecule has 70 valence electrons. The van der Waals surface area contributed by atoms with Gasteiger partial charge in [-0.1, -0.05) is 37.3 Å². The van der Waals surface area contributed by atoms with Crippen molar-refractivity contribution >= 4 is 0 Å². The highest BCUT2D eigenvalue weighted by Crippen LogP contribution is 2.50. The predicted molar refractivity (Wildman–Crippen MR) is 53.3 cm³/mol. The van der Waals surface area contributed by atoms with Crippen LogP contribution >= 0.6 is 0 Å². The van der Waals surface area contributed by atoms with Crippen LogP contribution < -0.4 is 0 Å². The Bertz CT molecular complexity index is 289. The summed E-state index contributed by atoms with van der Waals surface area (Å²) in [5, 5.41) is 10.3. The lowest BCUT2D eigenvalue weighted by Gasteiger charge is -2.24. The zero-order chi connectivity index (χ0) is 9.47. The van der Waals surface area contributed by atoms with Gasteiger partial charge in [0.1, 0.15) is 0 Å². The van der Waals surface area contributed by atoms with E-state index in [4.69, 9.17) is 0 Å². The van der Waals surface area contributed by atoms with Crippen molar-refractivity contribution in [3.8, 4) is 0 Å². The van der Waals surface area contributed by atoms with Crippen molar-refractivity contribution in [3.05, 3.63) is 35.9 Å². The molecule has 0 aliphatic heterocycles. The van der Waals surface area contributed by atoms with Crippen LogP contribution in [-0.2, 0) is 5.60 Å². The molecule has 0 spiro atoms. The quantitative estimate of drug-likeness (QED) is 0.734. The van der Waals surface area contributed by atoms with Crippen LogP contribution in [0.15, 0.2) is 30.3 Å². The minimum absolute atomic E-state index is 0.454. The van der Waals surface area contributed by atoms with Gasteiger partial charge in [-0.3, -0.25) is 0 Å². The standard InChI is InChI=1S/C12H16O/c1-9-8-11(9)12(2,13)10-6-4-3-5-7-10/h3-7,9,11,13H,8H2,1-2H3. The van der Waals surface area contributed by atoms with Crippen molar-refractivity contribution in [3.63, 3.8) is 0 Å². The first-order valence-electron chi connectivity index (χ1n) is 4.90. The van der Waals surface area contributed by atoms with Gasteiger partial charge in [0.05, 0.1) is 5.60 Å². The van der Waals surface area contributed by atoms with Crippen molar-refractivity contribution in [1.82, 2.24) is 0 Å². The molecule has 0 amide bonds. The van der Waals surface area contributed by atoms with Gasteiger partial charge in [0, 0.05) is 0 Å². The molecule has 0 heterocycles. The molecule has 0 saturated heterocycles. The first kappa shape index (κ1) is 8.76. The number of aliphatic hydroxyl groups is 1. The van der Waals surface area contributed by atoms with E-state index in [0.29, 0.717) is 11.8 Å². The Balaban J connectivity index is 2.25. The van der Waals surface area contributed by atoms with Gasteiger partial charge in [0.2, 0.25) is 0 Å². The van der Waals surface area contributed by atoms with Crippen molar-refractivity contribution in [2.24, 2.45) is 11.8 Å². The molecule has 0 aromatic heterocycles. The minimum atomic E-state index is -0.624. The van der Waals surface area contributed by atoms with Crippen LogP contribution in [0.2, 0.25) is 0 Å². The maximum absolute atomic E-state index is 10.3. The number of benzene rings is 1. The highest BCUT2D eigenvalue weighted by Gasteiger charge is 2.47. The zero-order valence-electron chi connectivity index (χ0n) is 8.20. The highest BCUT2D eigenvalue weighted by atomic mass is 16.3. The molecule has 1 heteroatoms. The Morgan fingerprint density at radius 2 is 1.85 bits per heavy atom. The summed E-state index contributed by atoms with van der Waals surface area (Å²) in [7, 11) is 0. The first-order valence-corrected chi connectivity index (χ1v) is 4.90. The lowest BCUT2D eigenvalue weighted by atomic mass is 9.90. The van der Waals surface area contributed by atoms with Crippen molar-refractivity contribution in [2.45, 2.75) is 25.9 Å².